The summed E-state index contributed by atoms with van der Waals surface area (Å²) in [4.78, 5) is 37.0. The minimum Gasteiger partial charge on any atom is -0.457 e. The van der Waals surface area contributed by atoms with Gasteiger partial charge in [-0.2, -0.15) is 18.4 Å². The van der Waals surface area contributed by atoms with Crippen molar-refractivity contribution in [1.29, 1.82) is 5.26 Å². The van der Waals surface area contributed by atoms with Crippen LogP contribution in [0.3, 0.4) is 0 Å². The third kappa shape index (κ3) is 11.7. The average molecular weight is 694 g/mol. The number of halogens is 4. The standard InChI is InChI=1S/C33H31ClF3N9O3/c1-21-17-24(11-15-39-21)44-31(43-20-38)42-14-4-2-3-13-41-30(47)29-19-26(12-16-40-29)49-25-8-5-22(6-9-25)45-32(48)46-23-7-10-28(34)27(18-23)33(35,36)37/h5-12,15-19H,2-4,13-14H2,1H3,(H,41,47)(H2,45,46,48)(H2,39,42,43,44). The van der Waals surface area contributed by atoms with Crippen LogP contribution in [-0.4, -0.2) is 41.0 Å². The number of hydrogen-bond acceptors (Lipinski definition) is 7. The fraction of sp³-hybridized carbons (Fsp3) is 0.212. The highest BCUT2D eigenvalue weighted by Gasteiger charge is 2.33. The van der Waals surface area contributed by atoms with Crippen LogP contribution in [0.5, 0.6) is 11.5 Å². The Morgan fingerprint density at radius 1 is 0.837 bits per heavy atom. The van der Waals surface area contributed by atoms with Crippen LogP contribution < -0.4 is 31.3 Å². The fourth-order valence-electron chi connectivity index (χ4n) is 4.30. The molecule has 0 atom stereocenters. The topological polar surface area (TPSA) is 165 Å². The Hall–Kier alpha value is -5.88. The van der Waals surface area contributed by atoms with Crippen molar-refractivity contribution in [3.8, 4) is 17.7 Å². The molecule has 2 aromatic carbocycles. The smallest absolute Gasteiger partial charge is 0.417 e. The van der Waals surface area contributed by atoms with E-state index in [1.807, 2.05) is 13.0 Å². The monoisotopic (exact) mass is 693 g/mol. The Morgan fingerprint density at radius 2 is 1.51 bits per heavy atom. The molecule has 49 heavy (non-hydrogen) atoms. The Labute approximate surface area is 284 Å². The van der Waals surface area contributed by atoms with E-state index in [4.69, 9.17) is 21.6 Å². The van der Waals surface area contributed by atoms with Crippen LogP contribution >= 0.6 is 11.6 Å². The van der Waals surface area contributed by atoms with Gasteiger partial charge in [0.25, 0.3) is 5.91 Å². The highest BCUT2D eigenvalue weighted by Crippen LogP contribution is 2.36. The number of rotatable bonds is 12. The number of ether oxygens (including phenoxy) is 1. The van der Waals surface area contributed by atoms with E-state index >= 15 is 0 Å². The van der Waals surface area contributed by atoms with Gasteiger partial charge in [0, 0.05) is 54.3 Å². The molecular weight excluding hydrogens is 663 g/mol. The van der Waals surface area contributed by atoms with Crippen LogP contribution in [0.25, 0.3) is 0 Å². The van der Waals surface area contributed by atoms with E-state index in [2.05, 4.69) is 41.5 Å². The molecule has 0 bridgehead atoms. The van der Waals surface area contributed by atoms with Crippen LogP contribution in [0.1, 0.15) is 41.0 Å². The molecule has 0 aliphatic heterocycles. The number of amides is 3. The van der Waals surface area contributed by atoms with Crippen LogP contribution in [0, 0.1) is 18.4 Å². The summed E-state index contributed by atoms with van der Waals surface area (Å²) >= 11 is 5.62. The molecule has 4 rings (SSSR count). The van der Waals surface area contributed by atoms with Gasteiger partial charge in [-0.25, -0.2) is 4.79 Å². The third-order valence-electron chi connectivity index (χ3n) is 6.59. The lowest BCUT2D eigenvalue weighted by Crippen LogP contribution is -2.31. The number of aryl methyl sites for hydroxylation is 1. The average Bonchev–Trinajstić information content (AvgIpc) is 3.05. The molecule has 2 aromatic heterocycles. The van der Waals surface area contributed by atoms with E-state index in [0.717, 1.165) is 42.8 Å². The predicted molar refractivity (Wildman–Crippen MR) is 180 cm³/mol. The molecule has 5 N–H and O–H groups in total. The number of aliphatic imine (C=N–C) groups is 1. The van der Waals surface area contributed by atoms with E-state index in [-0.39, 0.29) is 17.3 Å². The van der Waals surface area contributed by atoms with Gasteiger partial charge in [0.15, 0.2) is 0 Å². The molecule has 2 heterocycles. The van der Waals surface area contributed by atoms with Crippen molar-refractivity contribution in [1.82, 2.24) is 20.6 Å². The number of hydrogen-bond donors (Lipinski definition) is 5. The molecule has 3 amide bonds. The molecule has 16 heteroatoms. The van der Waals surface area contributed by atoms with Gasteiger partial charge >= 0.3 is 12.2 Å². The number of benzene rings is 2. The molecule has 0 aliphatic carbocycles. The van der Waals surface area contributed by atoms with Crippen molar-refractivity contribution in [2.45, 2.75) is 32.4 Å². The van der Waals surface area contributed by atoms with E-state index < -0.39 is 22.8 Å². The van der Waals surface area contributed by atoms with Crippen molar-refractivity contribution < 1.29 is 27.5 Å². The Kier molecular flexibility index (Phi) is 12.7. The van der Waals surface area contributed by atoms with E-state index in [1.165, 1.54) is 30.5 Å². The molecule has 0 saturated carbocycles. The number of nitriles is 1. The number of anilines is 3. The maximum atomic E-state index is 13.1. The van der Waals surface area contributed by atoms with E-state index in [1.54, 1.807) is 36.7 Å². The molecule has 0 spiro atoms. The van der Waals surface area contributed by atoms with Gasteiger partial charge in [-0.1, -0.05) is 11.6 Å². The van der Waals surface area contributed by atoms with Crippen molar-refractivity contribution in [3.63, 3.8) is 0 Å². The molecule has 254 valence electrons. The largest absolute Gasteiger partial charge is 0.457 e. The fourth-order valence-corrected chi connectivity index (χ4v) is 4.53. The van der Waals surface area contributed by atoms with Crippen LogP contribution in [0.15, 0.2) is 84.1 Å². The second-order valence-electron chi connectivity index (χ2n) is 10.4. The molecule has 4 aromatic rings. The number of unbranched alkanes of at least 4 members (excludes halogenated alkanes) is 2. The molecule has 0 unspecified atom stereocenters. The summed E-state index contributed by atoms with van der Waals surface area (Å²) in [5.74, 6) is 0.739. The summed E-state index contributed by atoms with van der Waals surface area (Å²) in [6.07, 6.45) is 2.52. The lowest BCUT2D eigenvalue weighted by atomic mass is 10.2. The summed E-state index contributed by atoms with van der Waals surface area (Å²) in [6, 6.07) is 15.2. The minimum atomic E-state index is -4.67. The van der Waals surface area contributed by atoms with E-state index in [0.29, 0.717) is 36.2 Å². The first-order chi connectivity index (χ1) is 23.5. The number of aromatic nitrogens is 2. The second kappa shape index (κ2) is 17.3. The number of urea groups is 1. The lowest BCUT2D eigenvalue weighted by Gasteiger charge is -2.13. The molecule has 0 radical (unpaired) electrons. The molecule has 0 fully saturated rings. The van der Waals surface area contributed by atoms with Crippen molar-refractivity contribution in [2.75, 3.05) is 29.0 Å². The maximum absolute atomic E-state index is 13.1. The maximum Gasteiger partial charge on any atom is 0.417 e. The summed E-state index contributed by atoms with van der Waals surface area (Å²) in [6.45, 7) is 2.87. The van der Waals surface area contributed by atoms with Crippen molar-refractivity contribution in [2.24, 2.45) is 4.99 Å². The van der Waals surface area contributed by atoms with Gasteiger partial charge < -0.3 is 31.3 Å². The first kappa shape index (κ1) is 36.0. The number of carbonyl (C=O) groups excluding carboxylic acids is 2. The van der Waals surface area contributed by atoms with Gasteiger partial charge in [0.1, 0.15) is 17.2 Å². The van der Waals surface area contributed by atoms with Crippen molar-refractivity contribution >= 4 is 46.6 Å². The number of pyridine rings is 2. The molecular formula is C33H31ClF3N9O3. The normalized spacial score (nSPS) is 11.2. The number of nitrogens with zero attached hydrogens (tertiary/aromatic N) is 4. The highest BCUT2D eigenvalue weighted by atomic mass is 35.5. The first-order valence-corrected chi connectivity index (χ1v) is 15.3. The zero-order chi connectivity index (χ0) is 35.2. The van der Waals surface area contributed by atoms with Gasteiger partial charge in [-0.05, 0) is 86.8 Å². The van der Waals surface area contributed by atoms with Gasteiger partial charge in [0.2, 0.25) is 12.2 Å². The molecule has 0 saturated heterocycles. The highest BCUT2D eigenvalue weighted by molar-refractivity contribution is 6.31. The summed E-state index contributed by atoms with van der Waals surface area (Å²) in [5, 5.41) is 22.3. The summed E-state index contributed by atoms with van der Waals surface area (Å²) in [7, 11) is 0. The first-order valence-electron chi connectivity index (χ1n) is 14.9. The summed E-state index contributed by atoms with van der Waals surface area (Å²) < 4.78 is 45.1. The van der Waals surface area contributed by atoms with Crippen molar-refractivity contribution in [3.05, 3.63) is 101 Å². The molecule has 0 aliphatic rings. The van der Waals surface area contributed by atoms with Gasteiger partial charge in [0.05, 0.1) is 10.6 Å². The van der Waals surface area contributed by atoms with Gasteiger partial charge in [-0.3, -0.25) is 14.8 Å². The zero-order valence-corrected chi connectivity index (χ0v) is 26.8. The summed E-state index contributed by atoms with van der Waals surface area (Å²) in [5.41, 5.74) is 0.975. The SMILES string of the molecule is Cc1cc(N/C(=N\C#N)NCCCCCNC(=O)c2cc(Oc3ccc(NC(=O)Nc4ccc(Cl)c(C(F)(F)F)c4)cc3)ccn2)ccn1. The number of carbonyl (C=O) groups is 2. The third-order valence-corrected chi connectivity index (χ3v) is 6.92. The number of guanidine groups is 1. The Morgan fingerprint density at radius 3 is 2.22 bits per heavy atom. The van der Waals surface area contributed by atoms with Crippen LogP contribution in [0.4, 0.5) is 35.0 Å². The van der Waals surface area contributed by atoms with E-state index in [9.17, 15) is 22.8 Å². The van der Waals surface area contributed by atoms with Gasteiger partial charge in [-0.15, -0.1) is 4.99 Å². The zero-order valence-electron chi connectivity index (χ0n) is 26.1. The molecule has 12 nitrogen and oxygen atoms in total. The Bertz CT molecular complexity index is 1830. The number of alkyl halides is 3. The number of nitrogens with one attached hydrogen (secondary N) is 5. The lowest BCUT2D eigenvalue weighted by molar-refractivity contribution is -0.137. The van der Waals surface area contributed by atoms with Crippen LogP contribution in [-0.2, 0) is 6.18 Å². The quantitative estimate of drug-likeness (QED) is 0.0445. The second-order valence-corrected chi connectivity index (χ2v) is 10.8. The minimum absolute atomic E-state index is 0.0813. The Balaban J connectivity index is 1.17. The predicted octanol–water partition coefficient (Wildman–Crippen LogP) is 7.33. The van der Waals surface area contributed by atoms with Crippen LogP contribution in [0.2, 0.25) is 5.02 Å².